The molecule has 1 unspecified atom stereocenters. The third kappa shape index (κ3) is 2.68. The van der Waals surface area contributed by atoms with E-state index in [0.29, 0.717) is 5.75 Å². The number of fused-ring (bicyclic) bond motifs is 1. The van der Waals surface area contributed by atoms with Crippen LogP contribution in [0.2, 0.25) is 0 Å². The molecule has 0 N–H and O–H groups in total. The Hall–Kier alpha value is -1.66. The van der Waals surface area contributed by atoms with E-state index in [1.807, 2.05) is 31.0 Å². The fraction of sp³-hybridized carbons (Fsp3) is 0.250. The number of thioether (sulfide) groups is 1. The quantitative estimate of drug-likeness (QED) is 0.801. The Morgan fingerprint density at radius 2 is 1.82 bits per heavy atom. The number of rotatable bonds is 3. The molecule has 0 aromatic heterocycles. The molecule has 6 heteroatoms. The van der Waals surface area contributed by atoms with Crippen molar-refractivity contribution < 1.29 is 12.6 Å². The third-order valence-corrected chi connectivity index (χ3v) is 6.16. The van der Waals surface area contributed by atoms with Crippen LogP contribution < -0.4 is 9.08 Å². The van der Waals surface area contributed by atoms with E-state index in [-0.39, 0.29) is 10.3 Å². The molecule has 0 saturated carbocycles. The summed E-state index contributed by atoms with van der Waals surface area (Å²) in [5, 5.41) is 0.252. The lowest BCUT2D eigenvalue weighted by Gasteiger charge is -2.19. The molecule has 0 bridgehead atoms. The molecule has 4 nitrogen and oxygen atoms in total. The van der Waals surface area contributed by atoms with Crippen molar-refractivity contribution in [2.75, 3.05) is 11.9 Å². The van der Waals surface area contributed by atoms with Gasteiger partial charge in [0.15, 0.2) is 5.75 Å². The van der Waals surface area contributed by atoms with E-state index >= 15 is 0 Å². The van der Waals surface area contributed by atoms with Crippen molar-refractivity contribution in [2.45, 2.75) is 29.0 Å². The molecule has 1 aliphatic heterocycles. The van der Waals surface area contributed by atoms with Gasteiger partial charge in [0.05, 0.1) is 11.1 Å². The lowest BCUT2D eigenvalue weighted by Crippen LogP contribution is -2.22. The van der Waals surface area contributed by atoms with Crippen LogP contribution in [0.25, 0.3) is 0 Å². The van der Waals surface area contributed by atoms with Crippen LogP contribution in [-0.2, 0) is 10.1 Å². The van der Waals surface area contributed by atoms with Gasteiger partial charge in [-0.1, -0.05) is 35.5 Å². The highest BCUT2D eigenvalue weighted by Gasteiger charge is 2.29. The number of benzene rings is 2. The van der Waals surface area contributed by atoms with Gasteiger partial charge < -0.3 is 9.08 Å². The van der Waals surface area contributed by atoms with Crippen LogP contribution in [0.1, 0.15) is 12.5 Å². The van der Waals surface area contributed by atoms with Crippen LogP contribution >= 0.6 is 11.8 Å². The summed E-state index contributed by atoms with van der Waals surface area (Å²) in [6.45, 7) is 3.98. The van der Waals surface area contributed by atoms with E-state index in [9.17, 15) is 8.42 Å². The maximum absolute atomic E-state index is 12.5. The van der Waals surface area contributed by atoms with Crippen molar-refractivity contribution in [2.24, 2.45) is 0 Å². The maximum Gasteiger partial charge on any atom is 0.339 e. The zero-order valence-corrected chi connectivity index (χ0v) is 14.2. The summed E-state index contributed by atoms with van der Waals surface area (Å²) in [6.07, 6.45) is 0. The fourth-order valence-corrected chi connectivity index (χ4v) is 4.41. The summed E-state index contributed by atoms with van der Waals surface area (Å²) in [5.74, 6) is 0.373. The molecular weight excluding hydrogens is 318 g/mol. The first kappa shape index (κ1) is 15.2. The van der Waals surface area contributed by atoms with E-state index in [4.69, 9.17) is 4.18 Å². The molecule has 116 valence electrons. The zero-order chi connectivity index (χ0) is 15.9. The van der Waals surface area contributed by atoms with Crippen molar-refractivity contribution in [1.82, 2.24) is 0 Å². The van der Waals surface area contributed by atoms with Crippen LogP contribution in [0.3, 0.4) is 0 Å². The number of anilines is 1. The van der Waals surface area contributed by atoms with Crippen LogP contribution in [-0.4, -0.2) is 20.8 Å². The van der Waals surface area contributed by atoms with Crippen molar-refractivity contribution in [1.29, 1.82) is 0 Å². The maximum atomic E-state index is 12.5. The molecule has 0 radical (unpaired) electrons. The zero-order valence-electron chi connectivity index (χ0n) is 12.6. The monoisotopic (exact) mass is 335 g/mol. The van der Waals surface area contributed by atoms with Crippen molar-refractivity contribution >= 4 is 27.6 Å². The first-order valence-corrected chi connectivity index (χ1v) is 9.21. The van der Waals surface area contributed by atoms with E-state index in [1.54, 1.807) is 42.1 Å². The number of hydrogen-bond donors (Lipinski definition) is 0. The Balaban J connectivity index is 1.98. The van der Waals surface area contributed by atoms with Crippen LogP contribution in [0.15, 0.2) is 52.3 Å². The normalized spacial score (nSPS) is 17.4. The topological polar surface area (TPSA) is 46.6 Å². The van der Waals surface area contributed by atoms with E-state index in [0.717, 1.165) is 16.1 Å². The van der Waals surface area contributed by atoms with Gasteiger partial charge in [0.25, 0.3) is 0 Å². The van der Waals surface area contributed by atoms with Gasteiger partial charge in [0.2, 0.25) is 0 Å². The number of hydrogen-bond acceptors (Lipinski definition) is 5. The molecular formula is C16H17NO3S2. The second kappa shape index (κ2) is 5.52. The van der Waals surface area contributed by atoms with Crippen LogP contribution in [0.5, 0.6) is 5.75 Å². The molecule has 1 atom stereocenters. The largest absolute Gasteiger partial charge is 0.377 e. The number of para-hydroxylation sites is 1. The SMILES string of the molecule is Cc1ccc(S(=O)(=O)Oc2cccc3c2N(C)C(C)S3)cc1. The molecule has 2 aromatic rings. The van der Waals surface area contributed by atoms with E-state index in [1.165, 1.54) is 0 Å². The molecule has 1 aliphatic rings. The van der Waals surface area contributed by atoms with Gasteiger partial charge >= 0.3 is 10.1 Å². The second-order valence-corrected chi connectivity index (χ2v) is 8.19. The van der Waals surface area contributed by atoms with Gasteiger partial charge in [-0.2, -0.15) is 8.42 Å². The van der Waals surface area contributed by atoms with Crippen molar-refractivity contribution in [3.63, 3.8) is 0 Å². The Bertz CT molecular complexity index is 801. The predicted octanol–water partition coefficient (Wildman–Crippen LogP) is 3.65. The smallest absolute Gasteiger partial charge is 0.339 e. The Morgan fingerprint density at radius 3 is 2.50 bits per heavy atom. The molecule has 0 amide bonds. The van der Waals surface area contributed by atoms with Crippen LogP contribution in [0, 0.1) is 6.92 Å². The molecule has 0 spiro atoms. The summed E-state index contributed by atoms with van der Waals surface area (Å²) in [5.41, 5.74) is 1.83. The molecule has 0 fully saturated rings. The first-order chi connectivity index (χ1) is 10.4. The lowest BCUT2D eigenvalue weighted by molar-refractivity contribution is 0.485. The van der Waals surface area contributed by atoms with Gasteiger partial charge in [-0.15, -0.1) is 0 Å². The average Bonchev–Trinajstić information content (AvgIpc) is 2.75. The van der Waals surface area contributed by atoms with Crippen LogP contribution in [0.4, 0.5) is 5.69 Å². The first-order valence-electron chi connectivity index (χ1n) is 6.92. The van der Waals surface area contributed by atoms with Crippen molar-refractivity contribution in [3.05, 3.63) is 48.0 Å². The number of nitrogens with zero attached hydrogens (tertiary/aromatic N) is 1. The van der Waals surface area contributed by atoms with Gasteiger partial charge in [0.1, 0.15) is 4.90 Å². The minimum atomic E-state index is -3.83. The van der Waals surface area contributed by atoms with Gasteiger partial charge in [-0.25, -0.2) is 0 Å². The van der Waals surface area contributed by atoms with E-state index < -0.39 is 10.1 Å². The predicted molar refractivity (Wildman–Crippen MR) is 89.2 cm³/mol. The summed E-state index contributed by atoms with van der Waals surface area (Å²) in [6, 6.07) is 12.1. The summed E-state index contributed by atoms with van der Waals surface area (Å²) in [7, 11) is -1.89. The molecule has 2 aromatic carbocycles. The highest BCUT2D eigenvalue weighted by Crippen LogP contribution is 2.47. The molecule has 0 aliphatic carbocycles. The standard InChI is InChI=1S/C16H17NO3S2/c1-11-7-9-13(10-8-11)22(18,19)20-14-5-4-6-15-16(14)17(3)12(2)21-15/h4-10,12H,1-3H3. The Kier molecular flexibility index (Phi) is 3.82. The Morgan fingerprint density at radius 1 is 1.14 bits per heavy atom. The van der Waals surface area contributed by atoms with Gasteiger partial charge in [-0.05, 0) is 38.1 Å². The highest BCUT2D eigenvalue weighted by molar-refractivity contribution is 8.00. The average molecular weight is 335 g/mol. The minimum absolute atomic E-state index is 0.164. The third-order valence-electron chi connectivity index (χ3n) is 3.67. The van der Waals surface area contributed by atoms with Gasteiger partial charge in [-0.3, -0.25) is 0 Å². The minimum Gasteiger partial charge on any atom is -0.377 e. The number of aryl methyl sites for hydroxylation is 1. The second-order valence-electron chi connectivity index (χ2n) is 5.28. The summed E-state index contributed by atoms with van der Waals surface area (Å²) >= 11 is 1.69. The summed E-state index contributed by atoms with van der Waals surface area (Å²) < 4.78 is 30.3. The fourth-order valence-electron chi connectivity index (χ4n) is 2.33. The van der Waals surface area contributed by atoms with Gasteiger partial charge in [0, 0.05) is 11.9 Å². The van der Waals surface area contributed by atoms with E-state index in [2.05, 4.69) is 6.92 Å². The Labute approximate surface area is 135 Å². The molecule has 0 saturated heterocycles. The molecule has 3 rings (SSSR count). The lowest BCUT2D eigenvalue weighted by atomic mass is 10.2. The molecule has 22 heavy (non-hydrogen) atoms. The summed E-state index contributed by atoms with van der Waals surface area (Å²) in [4.78, 5) is 3.23. The molecule has 1 heterocycles. The van der Waals surface area contributed by atoms with Crippen molar-refractivity contribution in [3.8, 4) is 5.75 Å². The highest BCUT2D eigenvalue weighted by atomic mass is 32.2.